The summed E-state index contributed by atoms with van der Waals surface area (Å²) < 4.78 is 5.53. The molecule has 1 spiro atoms. The first-order valence-corrected chi connectivity index (χ1v) is 20.3. The summed E-state index contributed by atoms with van der Waals surface area (Å²) in [4.78, 5) is 14.8. The second kappa shape index (κ2) is 13.5. The number of aliphatic hydroxyl groups is 2. The minimum Gasteiger partial charge on any atom is -0.504 e. The quantitative estimate of drug-likeness (QED) is 0.125. The van der Waals surface area contributed by atoms with Gasteiger partial charge in [0.25, 0.3) is 0 Å². The average Bonchev–Trinajstić information content (AvgIpc) is 3.18. The van der Waals surface area contributed by atoms with E-state index >= 15 is 0 Å². The molecule has 3 aromatic carbocycles. The zero-order valence-electron chi connectivity index (χ0n) is 31.9. The summed E-state index contributed by atoms with van der Waals surface area (Å²) in [6, 6.07) is 17.0. The summed E-state index contributed by atoms with van der Waals surface area (Å²) >= 11 is 0. The van der Waals surface area contributed by atoms with Gasteiger partial charge in [-0.25, -0.2) is 0 Å². The number of Topliss-reactive ketones (excluding diaryl/α,β-unsaturated/α-hetero) is 1. The Morgan fingerprint density at radius 3 is 2.51 bits per heavy atom. The molecule has 6 aliphatic rings. The zero-order chi connectivity index (χ0) is 38.3. The van der Waals surface area contributed by atoms with Gasteiger partial charge in [-0.05, 0) is 134 Å². The van der Waals surface area contributed by atoms with Crippen molar-refractivity contribution in [3.63, 3.8) is 0 Å². The van der Waals surface area contributed by atoms with Crippen molar-refractivity contribution in [1.29, 1.82) is 0 Å². The number of carbonyl (C=O) groups excluding carboxylic acids is 1. The number of methoxy groups -OCH3 is 1. The lowest BCUT2D eigenvalue weighted by Gasteiger charge is -2.75. The van der Waals surface area contributed by atoms with E-state index in [1.54, 1.807) is 12.1 Å². The number of phenolic OH excluding ortho intramolecular Hbond substituents is 3. The Bertz CT molecular complexity index is 2060. The van der Waals surface area contributed by atoms with Crippen molar-refractivity contribution in [3.05, 3.63) is 82.4 Å². The summed E-state index contributed by atoms with van der Waals surface area (Å²) in [5.74, 6) is 7.19. The Balaban J connectivity index is 1.25. The molecule has 290 valence electrons. The molecule has 7 N–H and O–H groups in total. The molecule has 4 bridgehead atoms. The van der Waals surface area contributed by atoms with E-state index in [0.29, 0.717) is 48.8 Å². The second-order valence-electron chi connectivity index (χ2n) is 17.7. The van der Waals surface area contributed by atoms with E-state index in [0.717, 1.165) is 48.9 Å². The summed E-state index contributed by atoms with van der Waals surface area (Å²) in [5.41, 5.74) is 2.10. The van der Waals surface area contributed by atoms with Gasteiger partial charge in [-0.15, -0.1) is 0 Å². The highest BCUT2D eigenvalue weighted by Crippen LogP contribution is 2.73. The Kier molecular flexibility index (Phi) is 9.01. The molecule has 1 heterocycles. The van der Waals surface area contributed by atoms with Gasteiger partial charge in [0.15, 0.2) is 23.0 Å². The lowest BCUT2D eigenvalue weighted by Crippen LogP contribution is -2.82. The number of phenols is 3. The minimum absolute atomic E-state index is 0.0193. The number of ketones is 1. The normalized spacial score (nSPS) is 37.1. The van der Waals surface area contributed by atoms with Crippen LogP contribution in [0.3, 0.4) is 0 Å². The summed E-state index contributed by atoms with van der Waals surface area (Å²) in [6.07, 6.45) is 5.85. The molecule has 0 unspecified atom stereocenters. The van der Waals surface area contributed by atoms with Crippen molar-refractivity contribution < 1.29 is 35.1 Å². The lowest BCUT2D eigenvalue weighted by molar-refractivity contribution is -0.210. The van der Waals surface area contributed by atoms with E-state index in [2.05, 4.69) is 34.6 Å². The Morgan fingerprint density at radius 1 is 0.945 bits per heavy atom. The SMILES string of the molecule is CNC[C@@H]1C[C@@H]2CC[C@@]34CC[C@@]5(O)CC(=O)C[C@@H](c6cc(OC)c(O)cc6CO)[C@H](Cc6ccccc6)C#C[C@@H](CN3)[C@H]5[C@@]43c4cc(O)c(O)cc4[C@H]1C[C@H]23. The maximum absolute atomic E-state index is 14.8. The minimum atomic E-state index is -1.35. The van der Waals surface area contributed by atoms with Gasteiger partial charge >= 0.3 is 0 Å². The third kappa shape index (κ3) is 5.46. The van der Waals surface area contributed by atoms with E-state index < -0.39 is 16.9 Å². The highest BCUT2D eigenvalue weighted by atomic mass is 16.5. The van der Waals surface area contributed by atoms with Crippen LogP contribution >= 0.6 is 0 Å². The number of hydrogen-bond donors (Lipinski definition) is 7. The molecule has 1 saturated heterocycles. The van der Waals surface area contributed by atoms with E-state index in [1.807, 2.05) is 31.3 Å². The van der Waals surface area contributed by atoms with Gasteiger partial charge in [-0.2, -0.15) is 0 Å². The molecule has 3 saturated carbocycles. The Hall–Kier alpha value is -4.07. The van der Waals surface area contributed by atoms with Gasteiger partial charge in [-0.3, -0.25) is 4.79 Å². The van der Waals surface area contributed by atoms with Gasteiger partial charge in [0.2, 0.25) is 0 Å². The average molecular weight is 747 g/mol. The second-order valence-corrected chi connectivity index (χ2v) is 17.7. The number of carbonyl (C=O) groups is 1. The molecule has 11 atom stereocenters. The largest absolute Gasteiger partial charge is 0.504 e. The van der Waals surface area contributed by atoms with Crippen molar-refractivity contribution >= 4 is 5.78 Å². The fraction of sp³-hybridized carbons (Fsp3) is 0.543. The van der Waals surface area contributed by atoms with Crippen LogP contribution in [0.1, 0.15) is 91.0 Å². The Morgan fingerprint density at radius 2 is 1.75 bits per heavy atom. The van der Waals surface area contributed by atoms with Crippen LogP contribution < -0.4 is 15.4 Å². The number of rotatable bonds is 7. The van der Waals surface area contributed by atoms with Gasteiger partial charge < -0.3 is 40.9 Å². The van der Waals surface area contributed by atoms with Gasteiger partial charge in [-0.1, -0.05) is 42.2 Å². The molecule has 55 heavy (non-hydrogen) atoms. The number of ether oxygens (including phenoxy) is 1. The fourth-order valence-electron chi connectivity index (χ4n) is 13.4. The summed E-state index contributed by atoms with van der Waals surface area (Å²) in [7, 11) is 3.49. The van der Waals surface area contributed by atoms with Gasteiger partial charge in [0.1, 0.15) is 5.78 Å². The van der Waals surface area contributed by atoms with E-state index in [1.165, 1.54) is 13.2 Å². The molecule has 0 aromatic heterocycles. The van der Waals surface area contributed by atoms with Crippen molar-refractivity contribution in [2.75, 3.05) is 27.2 Å². The van der Waals surface area contributed by atoms with Crippen LogP contribution in [-0.2, 0) is 23.2 Å². The first-order chi connectivity index (χ1) is 26.6. The molecule has 9 rings (SSSR count). The Labute approximate surface area is 323 Å². The van der Waals surface area contributed by atoms with Crippen molar-refractivity contribution in [2.24, 2.45) is 35.5 Å². The first-order valence-electron chi connectivity index (χ1n) is 20.3. The van der Waals surface area contributed by atoms with Crippen molar-refractivity contribution in [2.45, 2.75) is 92.8 Å². The molecule has 1 aliphatic heterocycles. The molecular formula is C46H54N2O7. The van der Waals surface area contributed by atoms with Crippen LogP contribution in [-0.4, -0.2) is 69.7 Å². The van der Waals surface area contributed by atoms with Crippen LogP contribution in [0.25, 0.3) is 0 Å². The van der Waals surface area contributed by atoms with Crippen LogP contribution in [0.2, 0.25) is 0 Å². The summed E-state index contributed by atoms with van der Waals surface area (Å²) in [6.45, 7) is 1.12. The maximum Gasteiger partial charge on any atom is 0.160 e. The van der Waals surface area contributed by atoms with Gasteiger partial charge in [0.05, 0.1) is 19.3 Å². The molecular weight excluding hydrogens is 693 g/mol. The van der Waals surface area contributed by atoms with Crippen molar-refractivity contribution in [3.8, 4) is 34.8 Å². The number of benzene rings is 3. The molecule has 3 aromatic rings. The number of hydrogen-bond acceptors (Lipinski definition) is 9. The van der Waals surface area contributed by atoms with E-state index in [9.17, 15) is 30.3 Å². The highest BCUT2D eigenvalue weighted by molar-refractivity contribution is 5.81. The molecule has 0 radical (unpaired) electrons. The number of fused-ring (bicyclic) bond motifs is 3. The molecule has 5 aliphatic carbocycles. The predicted octanol–water partition coefficient (Wildman–Crippen LogP) is 5.40. The first kappa shape index (κ1) is 36.6. The maximum atomic E-state index is 14.8. The number of aromatic hydroxyl groups is 3. The van der Waals surface area contributed by atoms with Gasteiger partial charge in [0, 0.05) is 54.0 Å². The highest BCUT2D eigenvalue weighted by Gasteiger charge is 2.75. The number of aliphatic hydroxyl groups excluding tert-OH is 1. The standard InChI is InChI=1S/C46H54N2O7/c1-47-23-30-15-28-10-11-45-13-12-44(54)22-32(50)17-33(35-20-42(55-2)41(53)16-31(35)25-49)27(14-26-6-4-3-5-7-26)8-9-29(24-48-45)43(44)46(45)37(28)18-34(30)36-19-39(51)40(52)21-38(36)46/h3-7,16,19-21,27-30,33-34,37,43,47-49,51-54H,10-15,17-18,22-25H2,1-2H3/t27-,28-,29-,30-,33+,34-,37+,43+,44+,45-,46+/m0/s1. The summed E-state index contributed by atoms with van der Waals surface area (Å²) in [5, 5.41) is 64.5. The van der Waals surface area contributed by atoms with Crippen LogP contribution in [0.4, 0.5) is 0 Å². The fourth-order valence-corrected chi connectivity index (χ4v) is 13.4. The molecule has 9 nitrogen and oxygen atoms in total. The zero-order valence-corrected chi connectivity index (χ0v) is 31.9. The third-order valence-corrected chi connectivity index (χ3v) is 15.3. The topological polar surface area (TPSA) is 152 Å². The molecule has 0 amide bonds. The number of nitrogens with one attached hydrogen (secondary N) is 2. The van der Waals surface area contributed by atoms with Crippen LogP contribution in [0.15, 0.2) is 54.6 Å². The smallest absolute Gasteiger partial charge is 0.160 e. The molecule has 9 heteroatoms. The third-order valence-electron chi connectivity index (χ3n) is 15.3. The number of piperidine rings is 1. The van der Waals surface area contributed by atoms with Crippen molar-refractivity contribution in [1.82, 2.24) is 10.6 Å². The monoisotopic (exact) mass is 746 g/mol. The van der Waals surface area contributed by atoms with Crippen LogP contribution in [0.5, 0.6) is 23.0 Å². The molecule has 4 fully saturated rings. The van der Waals surface area contributed by atoms with E-state index in [-0.39, 0.29) is 83.4 Å². The lowest BCUT2D eigenvalue weighted by atomic mass is 9.32. The predicted molar refractivity (Wildman–Crippen MR) is 208 cm³/mol. The van der Waals surface area contributed by atoms with Crippen LogP contribution in [0, 0.1) is 47.3 Å². The van der Waals surface area contributed by atoms with E-state index in [4.69, 9.17) is 4.74 Å².